The van der Waals surface area contributed by atoms with Crippen molar-refractivity contribution in [3.63, 3.8) is 0 Å². The summed E-state index contributed by atoms with van der Waals surface area (Å²) in [7, 11) is 1.76. The third-order valence-corrected chi connectivity index (χ3v) is 2.80. The minimum absolute atomic E-state index is 0.538. The van der Waals surface area contributed by atoms with Crippen molar-refractivity contribution < 1.29 is 0 Å². The smallest absolute Gasteiger partial charge is 0.263 e. The van der Waals surface area contributed by atoms with E-state index in [1.54, 1.807) is 7.05 Å². The fourth-order valence-electron chi connectivity index (χ4n) is 1.29. The zero-order valence-electron chi connectivity index (χ0n) is 8.69. The van der Waals surface area contributed by atoms with Gasteiger partial charge in [-0.15, -0.1) is 0 Å². The van der Waals surface area contributed by atoms with Gasteiger partial charge in [0.1, 0.15) is 10.8 Å². The van der Waals surface area contributed by atoms with E-state index in [2.05, 4.69) is 19.9 Å². The van der Waals surface area contributed by atoms with E-state index in [9.17, 15) is 0 Å². The summed E-state index contributed by atoms with van der Waals surface area (Å²) in [5.41, 5.74) is 1.50. The molecule has 0 spiro atoms. The fourth-order valence-corrected chi connectivity index (χ4v) is 2.04. The molecule has 2 aromatic rings. The monoisotopic (exact) mass is 230 g/mol. The summed E-state index contributed by atoms with van der Waals surface area (Å²) in [5, 5.41) is 6.85. The fraction of sp³-hybridized carbons (Fsp3) is 0.0909. The molecule has 0 amide bonds. The van der Waals surface area contributed by atoms with Gasteiger partial charge in [-0.2, -0.15) is 4.37 Å². The second-order valence-electron chi connectivity index (χ2n) is 3.06. The molecule has 0 unspecified atom stereocenters. The molecule has 2 rings (SSSR count). The van der Waals surface area contributed by atoms with Crippen LogP contribution < -0.4 is 10.6 Å². The molecular weight excluding hydrogens is 220 g/mol. The van der Waals surface area contributed by atoms with E-state index in [4.69, 9.17) is 6.57 Å². The van der Waals surface area contributed by atoms with E-state index in [1.807, 2.05) is 30.3 Å². The summed E-state index contributed by atoms with van der Waals surface area (Å²) < 4.78 is 4.16. The van der Waals surface area contributed by atoms with Crippen molar-refractivity contribution in [3.8, 4) is 0 Å². The number of rotatable bonds is 3. The molecule has 0 aliphatic heterocycles. The lowest BCUT2D eigenvalue weighted by Gasteiger charge is -2.02. The van der Waals surface area contributed by atoms with E-state index in [0.29, 0.717) is 11.5 Å². The van der Waals surface area contributed by atoms with Crippen LogP contribution in [0.3, 0.4) is 0 Å². The second kappa shape index (κ2) is 4.64. The summed E-state index contributed by atoms with van der Waals surface area (Å²) in [6, 6.07) is 9.74. The molecule has 0 radical (unpaired) electrons. The quantitative estimate of drug-likeness (QED) is 0.793. The topological polar surface area (TPSA) is 41.3 Å². The predicted molar refractivity (Wildman–Crippen MR) is 67.6 cm³/mol. The first-order valence-corrected chi connectivity index (χ1v) is 5.49. The Balaban J connectivity index is 2.29. The highest BCUT2D eigenvalue weighted by molar-refractivity contribution is 7.11. The van der Waals surface area contributed by atoms with Gasteiger partial charge in [-0.25, -0.2) is 4.85 Å². The van der Waals surface area contributed by atoms with Gasteiger partial charge in [-0.05, 0) is 23.7 Å². The Morgan fingerprint density at radius 2 is 2.06 bits per heavy atom. The van der Waals surface area contributed by atoms with Crippen LogP contribution in [-0.2, 0) is 0 Å². The lowest BCUT2D eigenvalue weighted by atomic mass is 10.3. The molecule has 0 bridgehead atoms. The largest absolute Gasteiger partial charge is 0.381 e. The van der Waals surface area contributed by atoms with Crippen LogP contribution in [0.4, 0.5) is 22.2 Å². The van der Waals surface area contributed by atoms with Crippen LogP contribution in [-0.4, -0.2) is 11.4 Å². The van der Waals surface area contributed by atoms with Crippen molar-refractivity contribution in [3.05, 3.63) is 41.7 Å². The molecule has 4 nitrogen and oxygen atoms in total. The lowest BCUT2D eigenvalue weighted by Crippen LogP contribution is -1.88. The zero-order chi connectivity index (χ0) is 11.4. The standard InChI is InChI=1S/C11H10N4S/c1-12-9-10(13-2)15-16-11(9)14-8-6-4-3-5-7-8/h3-7,14H,2H3,(H,13,15). The average molecular weight is 230 g/mol. The van der Waals surface area contributed by atoms with Crippen LogP contribution in [0.1, 0.15) is 0 Å². The van der Waals surface area contributed by atoms with Crippen molar-refractivity contribution in [2.24, 2.45) is 0 Å². The SMILES string of the molecule is [C-]#[N+]c1c(NC)nsc1Nc1ccccc1. The number of benzene rings is 1. The van der Waals surface area contributed by atoms with Crippen LogP contribution in [0.25, 0.3) is 4.85 Å². The molecular formula is C11H10N4S. The van der Waals surface area contributed by atoms with E-state index in [1.165, 1.54) is 11.5 Å². The maximum atomic E-state index is 7.12. The van der Waals surface area contributed by atoms with Crippen LogP contribution >= 0.6 is 11.5 Å². The molecule has 0 atom stereocenters. The van der Waals surface area contributed by atoms with Gasteiger partial charge in [0.25, 0.3) is 5.69 Å². The average Bonchev–Trinajstić information content (AvgIpc) is 2.72. The van der Waals surface area contributed by atoms with Crippen LogP contribution in [0.15, 0.2) is 30.3 Å². The second-order valence-corrected chi connectivity index (χ2v) is 3.84. The number of hydrogen-bond acceptors (Lipinski definition) is 4. The van der Waals surface area contributed by atoms with Crippen molar-refractivity contribution in [1.29, 1.82) is 0 Å². The molecule has 1 aromatic heterocycles. The molecule has 80 valence electrons. The minimum atomic E-state index is 0.538. The molecule has 2 N–H and O–H groups in total. The summed E-state index contributed by atoms with van der Waals surface area (Å²) in [6.45, 7) is 7.12. The van der Waals surface area contributed by atoms with Crippen LogP contribution in [0, 0.1) is 6.57 Å². The molecule has 0 aliphatic carbocycles. The Morgan fingerprint density at radius 3 is 2.69 bits per heavy atom. The van der Waals surface area contributed by atoms with Crippen molar-refractivity contribution >= 4 is 33.7 Å². The van der Waals surface area contributed by atoms with Gasteiger partial charge < -0.3 is 10.6 Å². The van der Waals surface area contributed by atoms with E-state index in [-0.39, 0.29) is 0 Å². The summed E-state index contributed by atoms with van der Waals surface area (Å²) >= 11 is 1.28. The Morgan fingerprint density at radius 1 is 1.31 bits per heavy atom. The third kappa shape index (κ3) is 1.97. The first kappa shape index (κ1) is 10.5. The molecule has 0 saturated carbocycles. The van der Waals surface area contributed by atoms with Crippen molar-refractivity contribution in [2.45, 2.75) is 0 Å². The number of para-hydroxylation sites is 1. The Kier molecular flexibility index (Phi) is 3.03. The molecule has 1 aromatic carbocycles. The summed E-state index contributed by atoms with van der Waals surface area (Å²) in [5.74, 6) is 0.624. The van der Waals surface area contributed by atoms with Gasteiger partial charge in [-0.3, -0.25) is 0 Å². The summed E-state index contributed by atoms with van der Waals surface area (Å²) in [6.07, 6.45) is 0. The van der Waals surface area contributed by atoms with E-state index in [0.717, 1.165) is 10.7 Å². The molecule has 0 saturated heterocycles. The van der Waals surface area contributed by atoms with Gasteiger partial charge >= 0.3 is 0 Å². The Hall–Kier alpha value is -2.06. The maximum absolute atomic E-state index is 7.12. The predicted octanol–water partition coefficient (Wildman–Crippen LogP) is 3.48. The first-order valence-electron chi connectivity index (χ1n) is 4.72. The van der Waals surface area contributed by atoms with Gasteiger partial charge in [0.05, 0.1) is 6.57 Å². The number of hydrogen-bond donors (Lipinski definition) is 2. The molecule has 5 heteroatoms. The Bertz CT molecular complexity index is 513. The highest BCUT2D eigenvalue weighted by Crippen LogP contribution is 2.38. The highest BCUT2D eigenvalue weighted by Gasteiger charge is 2.12. The minimum Gasteiger partial charge on any atom is -0.381 e. The van der Waals surface area contributed by atoms with Crippen molar-refractivity contribution in [2.75, 3.05) is 17.7 Å². The third-order valence-electron chi connectivity index (χ3n) is 2.05. The van der Waals surface area contributed by atoms with Gasteiger partial charge in [-0.1, -0.05) is 18.2 Å². The number of nitrogens with one attached hydrogen (secondary N) is 2. The molecule has 0 fully saturated rings. The molecule has 16 heavy (non-hydrogen) atoms. The number of aromatic nitrogens is 1. The van der Waals surface area contributed by atoms with Crippen molar-refractivity contribution in [1.82, 2.24) is 4.37 Å². The number of nitrogens with zero attached hydrogens (tertiary/aromatic N) is 2. The van der Waals surface area contributed by atoms with Gasteiger partial charge in [0.15, 0.2) is 0 Å². The normalized spacial score (nSPS) is 9.50. The van der Waals surface area contributed by atoms with Gasteiger partial charge in [0, 0.05) is 12.7 Å². The maximum Gasteiger partial charge on any atom is 0.263 e. The van der Waals surface area contributed by atoms with Crippen LogP contribution in [0.5, 0.6) is 0 Å². The van der Waals surface area contributed by atoms with Crippen LogP contribution in [0.2, 0.25) is 0 Å². The molecule has 0 aliphatic rings. The molecule has 1 heterocycles. The first-order chi connectivity index (χ1) is 7.85. The highest BCUT2D eigenvalue weighted by atomic mass is 32.1. The Labute approximate surface area is 97.9 Å². The zero-order valence-corrected chi connectivity index (χ0v) is 9.51. The lowest BCUT2D eigenvalue weighted by molar-refractivity contribution is 1.44. The summed E-state index contributed by atoms with van der Waals surface area (Å²) in [4.78, 5) is 3.47. The van der Waals surface area contributed by atoms with E-state index >= 15 is 0 Å². The van der Waals surface area contributed by atoms with Gasteiger partial charge in [0.2, 0.25) is 0 Å². The van der Waals surface area contributed by atoms with E-state index < -0.39 is 0 Å². The number of anilines is 3.